The first-order valence-corrected chi connectivity index (χ1v) is 8.82. The summed E-state index contributed by atoms with van der Waals surface area (Å²) in [6, 6.07) is 23.8. The summed E-state index contributed by atoms with van der Waals surface area (Å²) < 4.78 is 5.34. The molecule has 0 aliphatic carbocycles. The summed E-state index contributed by atoms with van der Waals surface area (Å²) in [4.78, 5) is 37.4. The van der Waals surface area contributed by atoms with Crippen LogP contribution in [-0.4, -0.2) is 23.8 Å². The maximum absolute atomic E-state index is 12.6. The van der Waals surface area contributed by atoms with E-state index >= 15 is 0 Å². The molecule has 0 spiro atoms. The Labute approximate surface area is 163 Å². The highest BCUT2D eigenvalue weighted by Crippen LogP contribution is 2.19. The molecule has 0 heterocycles. The molecule has 0 saturated heterocycles. The Bertz CT molecular complexity index is 984. The number of nitrogens with one attached hydrogen (secondary N) is 1. The minimum atomic E-state index is -0.951. The fourth-order valence-electron chi connectivity index (χ4n) is 2.67. The average Bonchev–Trinajstić information content (AvgIpc) is 2.74. The van der Waals surface area contributed by atoms with E-state index in [2.05, 4.69) is 5.32 Å². The molecule has 0 aliphatic heterocycles. The van der Waals surface area contributed by atoms with Crippen LogP contribution in [0.3, 0.4) is 0 Å². The van der Waals surface area contributed by atoms with Gasteiger partial charge in [-0.3, -0.25) is 9.59 Å². The van der Waals surface area contributed by atoms with Crippen molar-refractivity contribution >= 4 is 23.3 Å². The third-order valence-electron chi connectivity index (χ3n) is 4.14. The molecule has 28 heavy (non-hydrogen) atoms. The van der Waals surface area contributed by atoms with Crippen molar-refractivity contribution in [1.82, 2.24) is 0 Å². The number of amides is 1. The number of benzene rings is 3. The lowest BCUT2D eigenvalue weighted by molar-refractivity contribution is 0.0320. The van der Waals surface area contributed by atoms with Crippen LogP contribution >= 0.6 is 0 Å². The van der Waals surface area contributed by atoms with Crippen molar-refractivity contribution < 1.29 is 19.1 Å². The van der Waals surface area contributed by atoms with Crippen LogP contribution in [0.15, 0.2) is 84.9 Å². The molecule has 1 N–H and O–H groups in total. The summed E-state index contributed by atoms with van der Waals surface area (Å²) in [7, 11) is 0. The Morgan fingerprint density at radius 2 is 1.29 bits per heavy atom. The van der Waals surface area contributed by atoms with E-state index in [-0.39, 0.29) is 17.3 Å². The van der Waals surface area contributed by atoms with E-state index in [9.17, 15) is 14.4 Å². The zero-order valence-corrected chi connectivity index (χ0v) is 15.3. The van der Waals surface area contributed by atoms with Crippen molar-refractivity contribution in [3.8, 4) is 0 Å². The fourth-order valence-corrected chi connectivity index (χ4v) is 2.67. The third kappa shape index (κ3) is 4.51. The van der Waals surface area contributed by atoms with Gasteiger partial charge < -0.3 is 10.1 Å². The summed E-state index contributed by atoms with van der Waals surface area (Å²) in [5.74, 6) is -1.31. The summed E-state index contributed by atoms with van der Waals surface area (Å²) in [6.07, 6.45) is -0.951. The van der Waals surface area contributed by atoms with Gasteiger partial charge in [0.05, 0.1) is 11.3 Å². The number of ether oxygens (including phenoxy) is 1. The van der Waals surface area contributed by atoms with Gasteiger partial charge >= 0.3 is 5.97 Å². The average molecular weight is 373 g/mol. The van der Waals surface area contributed by atoms with E-state index in [1.54, 1.807) is 78.9 Å². The van der Waals surface area contributed by atoms with Crippen LogP contribution in [0.2, 0.25) is 0 Å². The molecule has 0 saturated carbocycles. The van der Waals surface area contributed by atoms with Gasteiger partial charge in [-0.1, -0.05) is 60.7 Å². The zero-order chi connectivity index (χ0) is 19.9. The molecule has 0 fully saturated rings. The summed E-state index contributed by atoms with van der Waals surface area (Å²) in [5.41, 5.74) is 1.44. The molecule has 3 aromatic carbocycles. The predicted octanol–water partition coefficient (Wildman–Crippen LogP) is 4.37. The summed E-state index contributed by atoms with van der Waals surface area (Å²) >= 11 is 0. The van der Waals surface area contributed by atoms with E-state index in [0.717, 1.165) is 0 Å². The third-order valence-corrected chi connectivity index (χ3v) is 4.14. The van der Waals surface area contributed by atoms with Crippen molar-refractivity contribution in [3.63, 3.8) is 0 Å². The van der Waals surface area contributed by atoms with Crippen molar-refractivity contribution in [2.24, 2.45) is 0 Å². The molecule has 0 unspecified atom stereocenters. The Morgan fingerprint density at radius 3 is 1.93 bits per heavy atom. The second-order valence-electron chi connectivity index (χ2n) is 6.14. The van der Waals surface area contributed by atoms with E-state index < -0.39 is 12.1 Å². The fraction of sp³-hybridized carbons (Fsp3) is 0.0870. The van der Waals surface area contributed by atoms with Crippen LogP contribution in [0.25, 0.3) is 0 Å². The van der Waals surface area contributed by atoms with E-state index in [1.165, 1.54) is 6.92 Å². The molecule has 0 aliphatic rings. The number of esters is 1. The quantitative estimate of drug-likeness (QED) is 0.514. The highest BCUT2D eigenvalue weighted by molar-refractivity contribution is 6.08. The molecule has 1 atom stereocenters. The van der Waals surface area contributed by atoms with Gasteiger partial charge in [0.2, 0.25) is 5.78 Å². The number of hydrogen-bond acceptors (Lipinski definition) is 4. The first-order valence-electron chi connectivity index (χ1n) is 8.82. The Balaban J connectivity index is 1.74. The first kappa shape index (κ1) is 19.0. The normalized spacial score (nSPS) is 11.3. The van der Waals surface area contributed by atoms with Gasteiger partial charge in [0.25, 0.3) is 5.91 Å². The predicted molar refractivity (Wildman–Crippen MR) is 106 cm³/mol. The minimum Gasteiger partial charge on any atom is -0.451 e. The van der Waals surface area contributed by atoms with Crippen LogP contribution in [-0.2, 0) is 4.74 Å². The van der Waals surface area contributed by atoms with E-state index in [1.807, 2.05) is 6.07 Å². The largest absolute Gasteiger partial charge is 0.451 e. The number of Topliss-reactive ketones (excluding diaryl/α,β-unsaturated/α-hetero) is 1. The molecule has 0 bridgehead atoms. The van der Waals surface area contributed by atoms with Gasteiger partial charge in [-0.25, -0.2) is 4.79 Å². The molecule has 0 radical (unpaired) electrons. The number of hydrogen-bond donors (Lipinski definition) is 1. The number of ketones is 1. The number of carbonyl (C=O) groups is 3. The lowest BCUT2D eigenvalue weighted by Crippen LogP contribution is -2.25. The lowest BCUT2D eigenvalue weighted by Gasteiger charge is -2.15. The maximum Gasteiger partial charge on any atom is 0.340 e. The molecule has 3 rings (SSSR count). The topological polar surface area (TPSA) is 72.5 Å². The number of carbonyl (C=O) groups excluding carboxylic acids is 3. The first-order chi connectivity index (χ1) is 13.6. The molecule has 5 heteroatoms. The van der Waals surface area contributed by atoms with Crippen molar-refractivity contribution in [3.05, 3.63) is 102 Å². The second-order valence-corrected chi connectivity index (χ2v) is 6.14. The van der Waals surface area contributed by atoms with Gasteiger partial charge in [0, 0.05) is 11.1 Å². The van der Waals surface area contributed by atoms with Gasteiger partial charge in [-0.15, -0.1) is 0 Å². The molecular formula is C23H19NO4. The molecule has 5 nitrogen and oxygen atoms in total. The summed E-state index contributed by atoms with van der Waals surface area (Å²) in [5, 5.41) is 2.72. The van der Waals surface area contributed by atoms with Crippen molar-refractivity contribution in [2.45, 2.75) is 13.0 Å². The Morgan fingerprint density at radius 1 is 0.750 bits per heavy atom. The number of para-hydroxylation sites is 1. The standard InChI is InChI=1S/C23H19NO4/c1-16(21(25)17-10-4-2-5-11-17)28-23(27)19-14-8-9-15-20(19)24-22(26)18-12-6-3-7-13-18/h2-16H,1H3,(H,24,26)/t16-/m0/s1. The van der Waals surface area contributed by atoms with Gasteiger partial charge in [-0.2, -0.15) is 0 Å². The minimum absolute atomic E-state index is 0.180. The van der Waals surface area contributed by atoms with E-state index in [0.29, 0.717) is 16.8 Å². The second kappa shape index (κ2) is 8.77. The van der Waals surface area contributed by atoms with Gasteiger partial charge in [0.1, 0.15) is 0 Å². The molecular weight excluding hydrogens is 354 g/mol. The highest BCUT2D eigenvalue weighted by atomic mass is 16.5. The Kier molecular flexibility index (Phi) is 5.97. The molecule has 1 amide bonds. The molecule has 140 valence electrons. The van der Waals surface area contributed by atoms with Crippen molar-refractivity contribution in [1.29, 1.82) is 0 Å². The van der Waals surface area contributed by atoms with Gasteiger partial charge in [-0.05, 0) is 31.2 Å². The lowest BCUT2D eigenvalue weighted by atomic mass is 10.1. The number of rotatable bonds is 6. The monoisotopic (exact) mass is 373 g/mol. The maximum atomic E-state index is 12.6. The van der Waals surface area contributed by atoms with Crippen molar-refractivity contribution in [2.75, 3.05) is 5.32 Å². The molecule has 3 aromatic rings. The van der Waals surface area contributed by atoms with Gasteiger partial charge in [0.15, 0.2) is 6.10 Å². The molecule has 0 aromatic heterocycles. The van der Waals surface area contributed by atoms with E-state index in [4.69, 9.17) is 4.74 Å². The van der Waals surface area contributed by atoms with Crippen LogP contribution in [0.1, 0.15) is 38.0 Å². The highest BCUT2D eigenvalue weighted by Gasteiger charge is 2.22. The van der Waals surface area contributed by atoms with Crippen LogP contribution in [0, 0.1) is 0 Å². The SMILES string of the molecule is C[C@H](OC(=O)c1ccccc1NC(=O)c1ccccc1)C(=O)c1ccccc1. The van der Waals surface area contributed by atoms with Crippen LogP contribution < -0.4 is 5.32 Å². The number of anilines is 1. The Hall–Kier alpha value is -3.73. The summed E-state index contributed by atoms with van der Waals surface area (Å²) in [6.45, 7) is 1.53. The smallest absolute Gasteiger partial charge is 0.340 e. The van der Waals surface area contributed by atoms with Crippen LogP contribution in [0.5, 0.6) is 0 Å². The van der Waals surface area contributed by atoms with Crippen LogP contribution in [0.4, 0.5) is 5.69 Å². The zero-order valence-electron chi connectivity index (χ0n) is 15.3.